The number of ether oxygens (including phenoxy) is 1. The van der Waals surface area contributed by atoms with E-state index in [2.05, 4.69) is 4.74 Å². The van der Waals surface area contributed by atoms with Crippen molar-refractivity contribution < 1.29 is 44.5 Å². The van der Waals surface area contributed by atoms with Gasteiger partial charge in [-0.3, -0.25) is 9.35 Å². The molecule has 19 heavy (non-hydrogen) atoms. The number of carbonyl (C=O) groups is 1. The first-order valence-corrected chi connectivity index (χ1v) is 6.35. The Morgan fingerprint density at radius 1 is 1.26 bits per heavy atom. The van der Waals surface area contributed by atoms with Gasteiger partial charge in [-0.15, -0.1) is 0 Å². The number of carbonyl (C=O) groups excluding carboxylic acids is 1. The Kier molecular flexibility index (Phi) is 5.68. The highest BCUT2D eigenvalue weighted by Gasteiger charge is 2.62. The largest absolute Gasteiger partial charge is 0.466 e. The standard InChI is InChI=1S/C8H11F5O5S/c1-2-6(14)18-4-3-5(7(9,10)11)8(12,13)19(15,16)17/h5H,2-4H2,1H3,(H,15,16,17). The SMILES string of the molecule is CCC(=O)OCCC(C(F)(F)F)C(F)(F)S(=O)(=O)O. The third-order valence-corrected chi connectivity index (χ3v) is 3.08. The average Bonchev–Trinajstić information content (AvgIpc) is 2.20. The summed E-state index contributed by atoms with van der Waals surface area (Å²) in [5.41, 5.74) is 0. The van der Waals surface area contributed by atoms with Crippen molar-refractivity contribution in [3.05, 3.63) is 0 Å². The Morgan fingerprint density at radius 2 is 1.74 bits per heavy atom. The molecule has 1 atom stereocenters. The van der Waals surface area contributed by atoms with Crippen molar-refractivity contribution in [1.29, 1.82) is 0 Å². The molecule has 0 amide bonds. The molecule has 0 aliphatic heterocycles. The van der Waals surface area contributed by atoms with E-state index in [9.17, 15) is 35.2 Å². The lowest BCUT2D eigenvalue weighted by Crippen LogP contribution is -2.45. The van der Waals surface area contributed by atoms with Crippen LogP contribution in [0.4, 0.5) is 22.0 Å². The fourth-order valence-corrected chi connectivity index (χ4v) is 1.71. The first-order chi connectivity index (χ1) is 8.34. The summed E-state index contributed by atoms with van der Waals surface area (Å²) in [6.45, 7) is 0.290. The van der Waals surface area contributed by atoms with Crippen LogP contribution in [0.1, 0.15) is 19.8 Å². The first-order valence-electron chi connectivity index (χ1n) is 4.91. The molecule has 0 saturated carbocycles. The van der Waals surface area contributed by atoms with Crippen LogP contribution < -0.4 is 0 Å². The Labute approximate surface area is 105 Å². The second-order valence-corrected chi connectivity index (χ2v) is 4.99. The molecule has 0 rings (SSSR count). The summed E-state index contributed by atoms with van der Waals surface area (Å²) in [7, 11) is -6.23. The zero-order chi connectivity index (χ0) is 15.5. The zero-order valence-electron chi connectivity index (χ0n) is 9.58. The Morgan fingerprint density at radius 3 is 2.05 bits per heavy atom. The fraction of sp³-hybridized carbons (Fsp3) is 0.875. The molecule has 0 aromatic rings. The number of hydrogen-bond donors (Lipinski definition) is 1. The highest BCUT2D eigenvalue weighted by Crippen LogP contribution is 2.43. The second kappa shape index (κ2) is 5.99. The summed E-state index contributed by atoms with van der Waals surface area (Å²) in [5.74, 6) is -4.59. The smallest absolute Gasteiger partial charge is 0.398 e. The third-order valence-electron chi connectivity index (χ3n) is 2.10. The van der Waals surface area contributed by atoms with Gasteiger partial charge >= 0.3 is 27.5 Å². The Bertz CT molecular complexity index is 416. The van der Waals surface area contributed by atoms with Crippen LogP contribution in [0.2, 0.25) is 0 Å². The van der Waals surface area contributed by atoms with Gasteiger partial charge in [0, 0.05) is 12.8 Å². The minimum absolute atomic E-state index is 0.175. The molecule has 11 heteroatoms. The quantitative estimate of drug-likeness (QED) is 0.461. The lowest BCUT2D eigenvalue weighted by atomic mass is 10.1. The predicted molar refractivity (Wildman–Crippen MR) is 51.9 cm³/mol. The number of alkyl halides is 5. The summed E-state index contributed by atoms with van der Waals surface area (Å²) in [6.07, 6.45) is -7.24. The van der Waals surface area contributed by atoms with E-state index in [1.807, 2.05) is 0 Å². The monoisotopic (exact) mass is 314 g/mol. The number of rotatable bonds is 6. The molecule has 0 aliphatic rings. The molecule has 0 heterocycles. The maximum absolute atomic E-state index is 13.0. The van der Waals surface area contributed by atoms with E-state index in [0.717, 1.165) is 0 Å². The van der Waals surface area contributed by atoms with Crippen molar-refractivity contribution in [3.8, 4) is 0 Å². The summed E-state index contributed by atoms with van der Waals surface area (Å²) < 4.78 is 96.0. The highest BCUT2D eigenvalue weighted by molar-refractivity contribution is 7.86. The van der Waals surface area contributed by atoms with Gasteiger partial charge < -0.3 is 4.74 Å². The molecule has 1 N–H and O–H groups in total. The van der Waals surface area contributed by atoms with Gasteiger partial charge in [0.25, 0.3) is 0 Å². The van der Waals surface area contributed by atoms with E-state index in [0.29, 0.717) is 0 Å². The van der Waals surface area contributed by atoms with Crippen molar-refractivity contribution >= 4 is 16.1 Å². The normalized spacial score (nSPS) is 15.1. The molecule has 0 aliphatic carbocycles. The molecule has 0 fully saturated rings. The van der Waals surface area contributed by atoms with Crippen LogP contribution in [0, 0.1) is 5.92 Å². The van der Waals surface area contributed by atoms with Crippen molar-refractivity contribution in [2.24, 2.45) is 5.92 Å². The lowest BCUT2D eigenvalue weighted by molar-refractivity contribution is -0.223. The second-order valence-electron chi connectivity index (χ2n) is 3.49. The van der Waals surface area contributed by atoms with Crippen LogP contribution in [0.3, 0.4) is 0 Å². The van der Waals surface area contributed by atoms with Crippen molar-refractivity contribution in [1.82, 2.24) is 0 Å². The summed E-state index contributed by atoms with van der Waals surface area (Å²) in [6, 6.07) is 0. The number of hydrogen-bond acceptors (Lipinski definition) is 4. The van der Waals surface area contributed by atoms with E-state index < -0.39 is 46.5 Å². The molecule has 0 spiro atoms. The topological polar surface area (TPSA) is 80.7 Å². The maximum atomic E-state index is 13.0. The summed E-state index contributed by atoms with van der Waals surface area (Å²) in [5, 5.41) is -5.41. The highest BCUT2D eigenvalue weighted by atomic mass is 32.2. The van der Waals surface area contributed by atoms with Gasteiger partial charge in [-0.25, -0.2) is 0 Å². The molecule has 114 valence electrons. The maximum Gasteiger partial charge on any atom is 0.398 e. The molecule has 0 radical (unpaired) electrons. The third kappa shape index (κ3) is 4.90. The van der Waals surface area contributed by atoms with Crippen molar-refractivity contribution in [3.63, 3.8) is 0 Å². The van der Waals surface area contributed by atoms with Crippen LogP contribution in [-0.4, -0.2) is 37.0 Å². The van der Waals surface area contributed by atoms with Crippen LogP contribution >= 0.6 is 0 Å². The van der Waals surface area contributed by atoms with E-state index in [1.165, 1.54) is 6.92 Å². The van der Waals surface area contributed by atoms with Crippen LogP contribution in [-0.2, 0) is 19.6 Å². The predicted octanol–water partition coefficient (Wildman–Crippen LogP) is 1.99. The molecule has 1 unspecified atom stereocenters. The summed E-state index contributed by atoms with van der Waals surface area (Å²) in [4.78, 5) is 10.6. The van der Waals surface area contributed by atoms with Gasteiger partial charge in [0.05, 0.1) is 6.61 Å². The van der Waals surface area contributed by atoms with Gasteiger partial charge in [0.2, 0.25) is 0 Å². The van der Waals surface area contributed by atoms with Crippen LogP contribution in [0.5, 0.6) is 0 Å². The van der Waals surface area contributed by atoms with E-state index >= 15 is 0 Å². The van der Waals surface area contributed by atoms with Gasteiger partial charge in [-0.2, -0.15) is 30.4 Å². The fourth-order valence-electron chi connectivity index (χ4n) is 1.09. The van der Waals surface area contributed by atoms with Gasteiger partial charge in [-0.05, 0) is 0 Å². The number of halogens is 5. The molecule has 0 saturated heterocycles. The average molecular weight is 314 g/mol. The number of esters is 1. The lowest BCUT2D eigenvalue weighted by Gasteiger charge is -2.26. The van der Waals surface area contributed by atoms with Crippen molar-refractivity contribution in [2.45, 2.75) is 31.2 Å². The molecule has 0 aromatic heterocycles. The van der Waals surface area contributed by atoms with Crippen molar-refractivity contribution in [2.75, 3.05) is 6.61 Å². The molecule has 0 aromatic carbocycles. The molecule has 5 nitrogen and oxygen atoms in total. The summed E-state index contributed by atoms with van der Waals surface area (Å²) >= 11 is 0. The van der Waals surface area contributed by atoms with Crippen LogP contribution in [0.25, 0.3) is 0 Å². The van der Waals surface area contributed by atoms with Gasteiger partial charge in [0.1, 0.15) is 5.92 Å². The molecular weight excluding hydrogens is 303 g/mol. The molecule has 0 bridgehead atoms. The Hall–Kier alpha value is -0.970. The van der Waals surface area contributed by atoms with E-state index in [4.69, 9.17) is 4.55 Å². The minimum Gasteiger partial charge on any atom is -0.466 e. The Balaban J connectivity index is 5.01. The van der Waals surface area contributed by atoms with E-state index in [-0.39, 0.29) is 6.42 Å². The molecular formula is C8H11F5O5S. The van der Waals surface area contributed by atoms with Gasteiger partial charge in [0.15, 0.2) is 0 Å². The first kappa shape index (κ1) is 18.0. The van der Waals surface area contributed by atoms with E-state index in [1.54, 1.807) is 0 Å². The van der Waals surface area contributed by atoms with Crippen LogP contribution in [0.15, 0.2) is 0 Å². The zero-order valence-corrected chi connectivity index (χ0v) is 10.4. The van der Waals surface area contributed by atoms with Gasteiger partial charge in [-0.1, -0.05) is 6.92 Å². The minimum atomic E-state index is -6.23.